The van der Waals surface area contributed by atoms with E-state index < -0.39 is 17.6 Å². The molecule has 0 saturated carbocycles. The first kappa shape index (κ1) is 20.0. The third-order valence-corrected chi connectivity index (χ3v) is 5.59. The molecule has 5 nitrogen and oxygen atoms in total. The Hall–Kier alpha value is -3.94. The van der Waals surface area contributed by atoms with Gasteiger partial charge < -0.3 is 0 Å². The Balaban J connectivity index is 1.32. The van der Waals surface area contributed by atoms with Crippen molar-refractivity contribution in [1.82, 2.24) is 15.6 Å². The fraction of sp³-hybridized carbons (Fsp3) is 0.125. The Labute approximate surface area is 181 Å². The molecule has 1 amide bonds. The van der Waals surface area contributed by atoms with E-state index in [1.807, 2.05) is 12.1 Å². The molecule has 0 aliphatic heterocycles. The Bertz CT molecular complexity index is 1340. The van der Waals surface area contributed by atoms with E-state index in [0.717, 1.165) is 35.9 Å². The number of nitrogens with one attached hydrogen (secondary N) is 2. The molecule has 160 valence electrons. The van der Waals surface area contributed by atoms with E-state index in [4.69, 9.17) is 0 Å². The summed E-state index contributed by atoms with van der Waals surface area (Å²) in [6.45, 7) is 0. The summed E-state index contributed by atoms with van der Waals surface area (Å²) in [5.41, 5.74) is 6.51. The van der Waals surface area contributed by atoms with Gasteiger partial charge in [-0.2, -0.15) is 23.4 Å². The second kappa shape index (κ2) is 7.64. The van der Waals surface area contributed by atoms with Gasteiger partial charge in [0, 0.05) is 5.56 Å². The number of aromatic amines is 1. The summed E-state index contributed by atoms with van der Waals surface area (Å²) in [6, 6.07) is 16.5. The number of carbonyl (C=O) groups is 1. The summed E-state index contributed by atoms with van der Waals surface area (Å²) < 4.78 is 37.9. The van der Waals surface area contributed by atoms with Gasteiger partial charge in [-0.1, -0.05) is 42.5 Å². The molecule has 1 aromatic heterocycles. The van der Waals surface area contributed by atoms with Crippen LogP contribution in [0.3, 0.4) is 0 Å². The average Bonchev–Trinajstić information content (AvgIpc) is 3.43. The van der Waals surface area contributed by atoms with Crippen LogP contribution in [-0.4, -0.2) is 22.3 Å². The van der Waals surface area contributed by atoms with Gasteiger partial charge in [0.05, 0.1) is 17.5 Å². The largest absolute Gasteiger partial charge is 0.416 e. The Morgan fingerprint density at radius 1 is 1.03 bits per heavy atom. The van der Waals surface area contributed by atoms with Crippen molar-refractivity contribution >= 4 is 22.9 Å². The van der Waals surface area contributed by atoms with E-state index >= 15 is 0 Å². The van der Waals surface area contributed by atoms with Crippen LogP contribution in [-0.2, 0) is 19.0 Å². The number of benzene rings is 3. The van der Waals surface area contributed by atoms with Crippen LogP contribution in [0.25, 0.3) is 22.0 Å². The molecule has 1 heterocycles. The highest BCUT2D eigenvalue weighted by Gasteiger charge is 2.29. The summed E-state index contributed by atoms with van der Waals surface area (Å²) in [6.07, 6.45) is -1.06. The second-order valence-corrected chi connectivity index (χ2v) is 7.60. The van der Waals surface area contributed by atoms with Crippen molar-refractivity contribution in [2.45, 2.75) is 19.0 Å². The topological polar surface area (TPSA) is 70.1 Å². The molecule has 0 unspecified atom stereocenters. The molecule has 1 aliphatic rings. The third-order valence-electron chi connectivity index (χ3n) is 5.59. The molecule has 4 aromatic rings. The molecule has 5 rings (SSSR count). The first-order valence-corrected chi connectivity index (χ1v) is 10.00. The van der Waals surface area contributed by atoms with Crippen LogP contribution in [0, 0.1) is 0 Å². The van der Waals surface area contributed by atoms with E-state index in [1.54, 1.807) is 6.07 Å². The zero-order valence-electron chi connectivity index (χ0n) is 16.7. The van der Waals surface area contributed by atoms with Crippen LogP contribution < -0.4 is 5.43 Å². The number of carbonyl (C=O) groups excluding carboxylic acids is 1. The van der Waals surface area contributed by atoms with Gasteiger partial charge in [0.2, 0.25) is 0 Å². The summed E-state index contributed by atoms with van der Waals surface area (Å²) in [5.74, 6) is -0.502. The predicted molar refractivity (Wildman–Crippen MR) is 115 cm³/mol. The van der Waals surface area contributed by atoms with Crippen LogP contribution in [0.1, 0.15) is 32.7 Å². The standard InChI is InChI=1S/C24H17F3N4O/c25-24(26,27)17-9-4-14(5-10-17)13-28-31-23(32)21-12-20(29-30-21)18-11-8-16-7-6-15-2-1-3-19(18)22(15)16/h1-5,8-13H,6-7H2,(H,29,30)(H,31,32)/b28-13-. The maximum Gasteiger partial charge on any atom is 0.416 e. The molecule has 2 N–H and O–H groups in total. The van der Waals surface area contributed by atoms with Gasteiger partial charge in [-0.15, -0.1) is 0 Å². The van der Waals surface area contributed by atoms with Crippen molar-refractivity contribution < 1.29 is 18.0 Å². The lowest BCUT2D eigenvalue weighted by Gasteiger charge is -2.06. The fourth-order valence-electron chi connectivity index (χ4n) is 4.03. The number of hydrogen-bond donors (Lipinski definition) is 2. The Morgan fingerprint density at radius 3 is 2.53 bits per heavy atom. The van der Waals surface area contributed by atoms with E-state index in [2.05, 4.69) is 38.9 Å². The number of halogens is 3. The van der Waals surface area contributed by atoms with Gasteiger partial charge in [-0.3, -0.25) is 9.89 Å². The van der Waals surface area contributed by atoms with Crippen LogP contribution in [0.5, 0.6) is 0 Å². The van der Waals surface area contributed by atoms with E-state index in [0.29, 0.717) is 11.3 Å². The molecule has 0 atom stereocenters. The monoisotopic (exact) mass is 434 g/mol. The minimum absolute atomic E-state index is 0.229. The van der Waals surface area contributed by atoms with E-state index in [1.165, 1.54) is 34.9 Å². The Kier molecular flexibility index (Phi) is 4.77. The van der Waals surface area contributed by atoms with Crippen LogP contribution in [0.15, 0.2) is 65.8 Å². The van der Waals surface area contributed by atoms with Gasteiger partial charge in [0.1, 0.15) is 5.69 Å². The minimum Gasteiger partial charge on any atom is -0.272 e. The van der Waals surface area contributed by atoms with Crippen molar-refractivity contribution in [3.05, 3.63) is 88.6 Å². The number of aryl methyl sites for hydroxylation is 2. The van der Waals surface area contributed by atoms with Crippen LogP contribution in [0.2, 0.25) is 0 Å². The predicted octanol–water partition coefficient (Wildman–Crippen LogP) is 5.11. The van der Waals surface area contributed by atoms with Gasteiger partial charge in [-0.25, -0.2) is 5.43 Å². The number of H-pyrrole nitrogens is 1. The molecule has 0 saturated heterocycles. The molecular weight excluding hydrogens is 417 g/mol. The highest BCUT2D eigenvalue weighted by molar-refractivity contribution is 6.02. The maximum atomic E-state index is 12.6. The Morgan fingerprint density at radius 2 is 1.78 bits per heavy atom. The van der Waals surface area contributed by atoms with Crippen molar-refractivity contribution in [3.63, 3.8) is 0 Å². The average molecular weight is 434 g/mol. The summed E-state index contributed by atoms with van der Waals surface area (Å²) in [4.78, 5) is 12.4. The first-order valence-electron chi connectivity index (χ1n) is 10.00. The van der Waals surface area contributed by atoms with Gasteiger partial charge in [0.25, 0.3) is 5.91 Å². The SMILES string of the molecule is O=C(N/N=C\c1ccc(C(F)(F)F)cc1)c1cc(-c2ccc3c4c(cccc24)CC3)n[nH]1. The first-order chi connectivity index (χ1) is 15.4. The second-order valence-electron chi connectivity index (χ2n) is 7.60. The van der Waals surface area contributed by atoms with Gasteiger partial charge in [-0.05, 0) is 58.5 Å². The van der Waals surface area contributed by atoms with Crippen molar-refractivity contribution in [2.75, 3.05) is 0 Å². The number of rotatable bonds is 4. The number of hydrazone groups is 1. The lowest BCUT2D eigenvalue weighted by atomic mass is 9.98. The minimum atomic E-state index is -4.40. The molecule has 1 aliphatic carbocycles. The zero-order chi connectivity index (χ0) is 22.3. The maximum absolute atomic E-state index is 12.6. The van der Waals surface area contributed by atoms with E-state index in [-0.39, 0.29) is 5.69 Å². The highest BCUT2D eigenvalue weighted by Crippen LogP contribution is 2.36. The summed E-state index contributed by atoms with van der Waals surface area (Å²) in [5, 5.41) is 13.2. The van der Waals surface area contributed by atoms with Crippen LogP contribution in [0.4, 0.5) is 13.2 Å². The molecule has 3 aromatic carbocycles. The summed E-state index contributed by atoms with van der Waals surface area (Å²) >= 11 is 0. The van der Waals surface area contributed by atoms with Gasteiger partial charge >= 0.3 is 6.18 Å². The number of amides is 1. The molecule has 0 fully saturated rings. The normalized spacial score (nSPS) is 13.2. The van der Waals surface area contributed by atoms with Crippen molar-refractivity contribution in [1.29, 1.82) is 0 Å². The number of alkyl halides is 3. The molecule has 0 radical (unpaired) electrons. The zero-order valence-corrected chi connectivity index (χ0v) is 16.7. The molecule has 8 heteroatoms. The molecule has 0 bridgehead atoms. The third kappa shape index (κ3) is 3.64. The smallest absolute Gasteiger partial charge is 0.272 e. The molecule has 32 heavy (non-hydrogen) atoms. The quantitative estimate of drug-likeness (QED) is 0.346. The van der Waals surface area contributed by atoms with E-state index in [9.17, 15) is 18.0 Å². The van der Waals surface area contributed by atoms with Gasteiger partial charge in [0.15, 0.2) is 0 Å². The number of nitrogens with zero attached hydrogens (tertiary/aromatic N) is 2. The highest BCUT2D eigenvalue weighted by atomic mass is 19.4. The lowest BCUT2D eigenvalue weighted by molar-refractivity contribution is -0.137. The van der Waals surface area contributed by atoms with Crippen molar-refractivity contribution in [2.24, 2.45) is 5.10 Å². The molecular formula is C24H17F3N4O. The number of aromatic nitrogens is 2. The number of hydrogen-bond acceptors (Lipinski definition) is 3. The molecule has 0 spiro atoms. The van der Waals surface area contributed by atoms with Crippen molar-refractivity contribution in [3.8, 4) is 11.3 Å². The fourth-order valence-corrected chi connectivity index (χ4v) is 4.03. The summed E-state index contributed by atoms with van der Waals surface area (Å²) in [7, 11) is 0. The lowest BCUT2D eigenvalue weighted by Crippen LogP contribution is -2.18. The van der Waals surface area contributed by atoms with Crippen LogP contribution >= 0.6 is 0 Å².